The third-order valence-corrected chi connectivity index (χ3v) is 3.86. The fraction of sp³-hybridized carbons (Fsp3) is 0.636. The van der Waals surface area contributed by atoms with Crippen LogP contribution in [0.15, 0.2) is 24.3 Å². The SMILES string of the molecule is CCC(CC)CC(COC(=O)/C=C/C(=O)OC(C)C)OC(=O)/C=C/C(=O)OC(C)C.[Cl-]. The van der Waals surface area contributed by atoms with E-state index in [2.05, 4.69) is 0 Å². The van der Waals surface area contributed by atoms with E-state index in [0.29, 0.717) is 6.42 Å². The Bertz CT molecular complexity index is 621. The van der Waals surface area contributed by atoms with E-state index in [1.54, 1.807) is 27.7 Å². The summed E-state index contributed by atoms with van der Waals surface area (Å²) in [7, 11) is 0. The molecule has 0 bridgehead atoms. The molecule has 0 saturated heterocycles. The number of esters is 4. The standard InChI is InChI=1S/C22H34O8.ClH/c1-7-17(8-2)13-18(30-22(26)12-11-21(25)29-16(5)6)14-27-19(23)9-10-20(24)28-15(3)4;/h9-12,15-18H,7-8,13-14H2,1-6H3;1H/p-1/b10-9+,12-11+;. The molecule has 9 heteroatoms. The molecule has 0 aromatic carbocycles. The van der Waals surface area contributed by atoms with E-state index in [9.17, 15) is 19.2 Å². The van der Waals surface area contributed by atoms with Crippen LogP contribution in [-0.2, 0) is 38.1 Å². The van der Waals surface area contributed by atoms with Crippen molar-refractivity contribution in [2.75, 3.05) is 6.61 Å². The summed E-state index contributed by atoms with van der Waals surface area (Å²) in [6.07, 6.45) is 4.86. The summed E-state index contributed by atoms with van der Waals surface area (Å²) in [6.45, 7) is 10.6. The first kappa shape index (κ1) is 30.8. The lowest BCUT2D eigenvalue weighted by Gasteiger charge is -2.21. The van der Waals surface area contributed by atoms with Gasteiger partial charge in [0.05, 0.1) is 12.2 Å². The summed E-state index contributed by atoms with van der Waals surface area (Å²) in [5.74, 6) is -2.52. The third-order valence-electron chi connectivity index (χ3n) is 3.86. The second-order valence-electron chi connectivity index (χ2n) is 7.25. The molecule has 1 atom stereocenters. The summed E-state index contributed by atoms with van der Waals surface area (Å²) >= 11 is 0. The van der Waals surface area contributed by atoms with Crippen LogP contribution in [0.25, 0.3) is 0 Å². The monoisotopic (exact) mass is 461 g/mol. The van der Waals surface area contributed by atoms with Gasteiger partial charge in [-0.05, 0) is 40.0 Å². The van der Waals surface area contributed by atoms with Gasteiger partial charge in [-0.25, -0.2) is 19.2 Å². The first-order chi connectivity index (χ1) is 14.1. The number of rotatable bonds is 13. The summed E-state index contributed by atoms with van der Waals surface area (Å²) in [5, 5.41) is 0. The van der Waals surface area contributed by atoms with Crippen molar-refractivity contribution in [2.45, 2.75) is 79.1 Å². The van der Waals surface area contributed by atoms with Gasteiger partial charge in [-0.3, -0.25) is 0 Å². The van der Waals surface area contributed by atoms with Crippen LogP contribution < -0.4 is 12.4 Å². The lowest BCUT2D eigenvalue weighted by atomic mass is 9.96. The Hall–Kier alpha value is -2.35. The van der Waals surface area contributed by atoms with Crippen LogP contribution in [0.4, 0.5) is 0 Å². The molecule has 31 heavy (non-hydrogen) atoms. The van der Waals surface area contributed by atoms with Crippen LogP contribution in [0.5, 0.6) is 0 Å². The minimum Gasteiger partial charge on any atom is -1.00 e. The molecule has 0 N–H and O–H groups in total. The van der Waals surface area contributed by atoms with Gasteiger partial charge in [0, 0.05) is 24.3 Å². The molecule has 0 saturated carbocycles. The van der Waals surface area contributed by atoms with E-state index in [0.717, 1.165) is 37.1 Å². The zero-order valence-corrected chi connectivity index (χ0v) is 19.8. The first-order valence-electron chi connectivity index (χ1n) is 10.2. The van der Waals surface area contributed by atoms with E-state index in [1.165, 1.54) is 0 Å². The van der Waals surface area contributed by atoms with Gasteiger partial charge in [0.15, 0.2) is 0 Å². The highest BCUT2D eigenvalue weighted by molar-refractivity contribution is 5.92. The van der Waals surface area contributed by atoms with Crippen LogP contribution in [0.1, 0.15) is 60.8 Å². The van der Waals surface area contributed by atoms with Crippen molar-refractivity contribution in [1.29, 1.82) is 0 Å². The fourth-order valence-corrected chi connectivity index (χ4v) is 2.39. The van der Waals surface area contributed by atoms with Crippen molar-refractivity contribution < 1.29 is 50.5 Å². The highest BCUT2D eigenvalue weighted by Gasteiger charge is 2.20. The molecular weight excluding hydrogens is 428 g/mol. The minimum absolute atomic E-state index is 0. The highest BCUT2D eigenvalue weighted by atomic mass is 35.5. The summed E-state index contributed by atoms with van der Waals surface area (Å²) < 4.78 is 20.2. The maximum Gasteiger partial charge on any atom is 0.331 e. The molecule has 0 heterocycles. The van der Waals surface area contributed by atoms with E-state index >= 15 is 0 Å². The van der Waals surface area contributed by atoms with Gasteiger partial charge >= 0.3 is 23.9 Å². The van der Waals surface area contributed by atoms with Gasteiger partial charge in [0.25, 0.3) is 0 Å². The molecule has 0 aromatic rings. The Morgan fingerprint density at radius 2 is 1.06 bits per heavy atom. The van der Waals surface area contributed by atoms with Crippen molar-refractivity contribution in [3.8, 4) is 0 Å². The molecule has 0 fully saturated rings. The molecular formula is C22H34ClO8-. The van der Waals surface area contributed by atoms with Gasteiger partial charge in [-0.15, -0.1) is 0 Å². The molecule has 0 amide bonds. The fourth-order valence-electron chi connectivity index (χ4n) is 2.39. The molecule has 0 aromatic heterocycles. The molecule has 8 nitrogen and oxygen atoms in total. The van der Waals surface area contributed by atoms with Crippen LogP contribution in [0, 0.1) is 5.92 Å². The van der Waals surface area contributed by atoms with Gasteiger partial charge < -0.3 is 31.4 Å². The second kappa shape index (κ2) is 17.3. The van der Waals surface area contributed by atoms with Gasteiger partial charge in [0.1, 0.15) is 12.7 Å². The van der Waals surface area contributed by atoms with Crippen molar-refractivity contribution in [3.05, 3.63) is 24.3 Å². The average molecular weight is 462 g/mol. The lowest BCUT2D eigenvalue weighted by molar-refractivity contribution is -0.154. The molecule has 178 valence electrons. The quantitative estimate of drug-likeness (QED) is 0.219. The zero-order valence-electron chi connectivity index (χ0n) is 19.1. The highest BCUT2D eigenvalue weighted by Crippen LogP contribution is 2.17. The Morgan fingerprint density at radius 3 is 1.45 bits per heavy atom. The number of carbonyl (C=O) groups is 4. The molecule has 0 aliphatic heterocycles. The van der Waals surface area contributed by atoms with Crippen molar-refractivity contribution in [2.24, 2.45) is 5.92 Å². The Morgan fingerprint density at radius 1 is 0.677 bits per heavy atom. The van der Waals surface area contributed by atoms with Crippen molar-refractivity contribution in [1.82, 2.24) is 0 Å². The maximum absolute atomic E-state index is 12.0. The van der Waals surface area contributed by atoms with Crippen LogP contribution in [0.3, 0.4) is 0 Å². The molecule has 0 aliphatic carbocycles. The number of carbonyl (C=O) groups excluding carboxylic acids is 4. The first-order valence-corrected chi connectivity index (χ1v) is 10.2. The van der Waals surface area contributed by atoms with Crippen molar-refractivity contribution in [3.63, 3.8) is 0 Å². The smallest absolute Gasteiger partial charge is 0.331 e. The van der Waals surface area contributed by atoms with Crippen LogP contribution >= 0.6 is 0 Å². The van der Waals surface area contributed by atoms with Crippen LogP contribution in [0.2, 0.25) is 0 Å². The number of ether oxygens (including phenoxy) is 4. The molecule has 0 radical (unpaired) electrons. The van der Waals surface area contributed by atoms with Crippen molar-refractivity contribution >= 4 is 23.9 Å². The number of halogens is 1. The van der Waals surface area contributed by atoms with Gasteiger partial charge in [-0.2, -0.15) is 0 Å². The van der Waals surface area contributed by atoms with Crippen LogP contribution in [-0.4, -0.2) is 48.8 Å². The summed E-state index contributed by atoms with van der Waals surface area (Å²) in [4.78, 5) is 46.8. The van der Waals surface area contributed by atoms with E-state index in [4.69, 9.17) is 18.9 Å². The predicted octanol–water partition coefficient (Wildman–Crippen LogP) is 0.287. The second-order valence-corrected chi connectivity index (χ2v) is 7.25. The summed E-state index contributed by atoms with van der Waals surface area (Å²) in [5.41, 5.74) is 0. The number of hydrogen-bond donors (Lipinski definition) is 0. The molecule has 1 unspecified atom stereocenters. The maximum atomic E-state index is 12.0. The van der Waals surface area contributed by atoms with E-state index in [1.807, 2.05) is 13.8 Å². The lowest BCUT2D eigenvalue weighted by Crippen LogP contribution is -3.00. The normalized spacial score (nSPS) is 12.2. The number of hydrogen-bond acceptors (Lipinski definition) is 8. The van der Waals surface area contributed by atoms with E-state index < -0.39 is 30.0 Å². The predicted molar refractivity (Wildman–Crippen MR) is 110 cm³/mol. The Labute approximate surface area is 190 Å². The largest absolute Gasteiger partial charge is 1.00 e. The van der Waals surface area contributed by atoms with Gasteiger partial charge in [-0.1, -0.05) is 26.7 Å². The average Bonchev–Trinajstić information content (AvgIpc) is 2.65. The topological polar surface area (TPSA) is 105 Å². The van der Waals surface area contributed by atoms with Gasteiger partial charge in [0.2, 0.25) is 0 Å². The molecule has 0 spiro atoms. The summed E-state index contributed by atoms with van der Waals surface area (Å²) in [6, 6.07) is 0. The Kier molecular flexibility index (Phi) is 17.3. The third kappa shape index (κ3) is 17.1. The van der Waals surface area contributed by atoms with E-state index in [-0.39, 0.29) is 37.1 Å². The Balaban J connectivity index is 0. The molecule has 0 rings (SSSR count). The molecule has 0 aliphatic rings. The zero-order chi connectivity index (χ0) is 23.1. The minimum atomic E-state index is -0.752.